The first kappa shape index (κ1) is 14.4. The maximum Gasteiger partial charge on any atom is 0.0375 e. The van der Waals surface area contributed by atoms with Crippen molar-refractivity contribution in [2.75, 3.05) is 46.1 Å². The number of rotatable bonds is 6. The number of fused-ring (bicyclic) bond motifs is 1. The molecule has 3 heteroatoms. The average Bonchev–Trinajstić information content (AvgIpc) is 2.39. The predicted octanol–water partition coefficient (Wildman–Crippen LogP) is 2.43. The van der Waals surface area contributed by atoms with Crippen LogP contribution in [0.1, 0.15) is 24.0 Å². The van der Waals surface area contributed by atoms with Gasteiger partial charge >= 0.3 is 0 Å². The van der Waals surface area contributed by atoms with E-state index in [1.807, 2.05) is 0 Å². The molecule has 0 aliphatic carbocycles. The van der Waals surface area contributed by atoms with Gasteiger partial charge in [-0.15, -0.1) is 0 Å². The van der Waals surface area contributed by atoms with E-state index in [0.717, 1.165) is 19.6 Å². The topological polar surface area (TPSA) is 18.5 Å². The van der Waals surface area contributed by atoms with Gasteiger partial charge in [-0.1, -0.05) is 12.1 Å². The van der Waals surface area contributed by atoms with E-state index in [1.54, 1.807) is 0 Å². The molecule has 19 heavy (non-hydrogen) atoms. The minimum absolute atomic E-state index is 1.07. The summed E-state index contributed by atoms with van der Waals surface area (Å²) in [6.45, 7) is 4.52. The molecule has 1 heterocycles. The van der Waals surface area contributed by atoms with Gasteiger partial charge < -0.3 is 15.1 Å². The lowest BCUT2D eigenvalue weighted by molar-refractivity contribution is 0.294. The zero-order valence-electron chi connectivity index (χ0n) is 12.6. The standard InChI is InChI=1S/C16H27N3/c1-18(2)11-6-12-19(3)13-14-7-4-9-16-15(14)8-5-10-17-16/h4,7,9,17H,5-6,8,10-13H2,1-3H3. The van der Waals surface area contributed by atoms with E-state index >= 15 is 0 Å². The molecule has 0 unspecified atom stereocenters. The monoisotopic (exact) mass is 261 g/mol. The van der Waals surface area contributed by atoms with Crippen LogP contribution in [0, 0.1) is 0 Å². The third-order valence-corrected chi connectivity index (χ3v) is 3.78. The van der Waals surface area contributed by atoms with Gasteiger partial charge in [-0.3, -0.25) is 0 Å². The molecule has 106 valence electrons. The lowest BCUT2D eigenvalue weighted by Gasteiger charge is -2.24. The van der Waals surface area contributed by atoms with Crippen molar-refractivity contribution in [2.45, 2.75) is 25.8 Å². The molecule has 0 fully saturated rings. The molecule has 0 saturated heterocycles. The lowest BCUT2D eigenvalue weighted by atomic mass is 9.97. The van der Waals surface area contributed by atoms with Crippen LogP contribution in [0.2, 0.25) is 0 Å². The number of benzene rings is 1. The molecule has 0 bridgehead atoms. The molecule has 1 aromatic carbocycles. The molecule has 1 aromatic rings. The van der Waals surface area contributed by atoms with Crippen LogP contribution in [0.25, 0.3) is 0 Å². The Balaban J connectivity index is 1.91. The summed E-state index contributed by atoms with van der Waals surface area (Å²) in [5.74, 6) is 0. The number of hydrogen-bond acceptors (Lipinski definition) is 3. The zero-order valence-corrected chi connectivity index (χ0v) is 12.6. The van der Waals surface area contributed by atoms with Gasteiger partial charge in [0, 0.05) is 18.8 Å². The largest absolute Gasteiger partial charge is 0.385 e. The van der Waals surface area contributed by atoms with E-state index in [0.29, 0.717) is 0 Å². The molecule has 0 amide bonds. The van der Waals surface area contributed by atoms with Gasteiger partial charge in [0.05, 0.1) is 0 Å². The molecule has 1 N–H and O–H groups in total. The van der Waals surface area contributed by atoms with Crippen LogP contribution in [-0.4, -0.2) is 50.6 Å². The highest BCUT2D eigenvalue weighted by Crippen LogP contribution is 2.25. The Hall–Kier alpha value is -1.06. The smallest absolute Gasteiger partial charge is 0.0375 e. The van der Waals surface area contributed by atoms with Crippen molar-refractivity contribution in [2.24, 2.45) is 0 Å². The van der Waals surface area contributed by atoms with Gasteiger partial charge in [0.2, 0.25) is 0 Å². The van der Waals surface area contributed by atoms with Crippen LogP contribution in [-0.2, 0) is 13.0 Å². The van der Waals surface area contributed by atoms with Gasteiger partial charge in [-0.2, -0.15) is 0 Å². The second-order valence-electron chi connectivity index (χ2n) is 5.87. The Morgan fingerprint density at radius 3 is 2.79 bits per heavy atom. The summed E-state index contributed by atoms with van der Waals surface area (Å²) in [4.78, 5) is 4.69. The Morgan fingerprint density at radius 2 is 2.00 bits per heavy atom. The minimum atomic E-state index is 1.07. The fraction of sp³-hybridized carbons (Fsp3) is 0.625. The molecule has 1 aliphatic rings. The first-order valence-electron chi connectivity index (χ1n) is 7.35. The van der Waals surface area contributed by atoms with E-state index in [-0.39, 0.29) is 0 Å². The normalized spacial score (nSPS) is 14.6. The second-order valence-corrected chi connectivity index (χ2v) is 5.87. The minimum Gasteiger partial charge on any atom is -0.385 e. The van der Waals surface area contributed by atoms with Gasteiger partial charge in [-0.05, 0) is 70.7 Å². The summed E-state index contributed by atoms with van der Waals surface area (Å²) in [6, 6.07) is 6.68. The fourth-order valence-electron chi connectivity index (χ4n) is 2.76. The van der Waals surface area contributed by atoms with E-state index in [1.165, 1.54) is 42.6 Å². The summed E-state index contributed by atoms with van der Waals surface area (Å²) in [5, 5.41) is 3.51. The van der Waals surface area contributed by atoms with Crippen molar-refractivity contribution < 1.29 is 0 Å². The van der Waals surface area contributed by atoms with Crippen molar-refractivity contribution in [3.63, 3.8) is 0 Å². The van der Waals surface area contributed by atoms with Gasteiger partial charge in [0.15, 0.2) is 0 Å². The SMILES string of the molecule is CN(C)CCCN(C)Cc1cccc2c1CCCN2. The number of anilines is 1. The van der Waals surface area contributed by atoms with E-state index in [4.69, 9.17) is 0 Å². The molecule has 0 atom stereocenters. The Bertz CT molecular complexity index is 401. The molecule has 0 radical (unpaired) electrons. The molecule has 2 rings (SSSR count). The Labute approximate surface area is 117 Å². The van der Waals surface area contributed by atoms with Crippen molar-refractivity contribution in [3.05, 3.63) is 29.3 Å². The van der Waals surface area contributed by atoms with Crippen LogP contribution >= 0.6 is 0 Å². The summed E-state index contributed by atoms with van der Waals surface area (Å²) < 4.78 is 0. The van der Waals surface area contributed by atoms with Gasteiger partial charge in [0.1, 0.15) is 0 Å². The maximum atomic E-state index is 3.51. The summed E-state index contributed by atoms with van der Waals surface area (Å²) >= 11 is 0. The van der Waals surface area contributed by atoms with Crippen LogP contribution in [0.4, 0.5) is 5.69 Å². The van der Waals surface area contributed by atoms with Crippen LogP contribution in [0.5, 0.6) is 0 Å². The summed E-state index contributed by atoms with van der Waals surface area (Å²) in [7, 11) is 6.50. The summed E-state index contributed by atoms with van der Waals surface area (Å²) in [5.41, 5.74) is 4.38. The zero-order chi connectivity index (χ0) is 13.7. The van der Waals surface area contributed by atoms with Crippen molar-refractivity contribution in [1.29, 1.82) is 0 Å². The second kappa shape index (κ2) is 6.92. The summed E-state index contributed by atoms with van der Waals surface area (Å²) in [6.07, 6.45) is 3.72. The first-order chi connectivity index (χ1) is 9.16. The fourth-order valence-corrected chi connectivity index (χ4v) is 2.76. The maximum absolute atomic E-state index is 3.51. The number of nitrogens with zero attached hydrogens (tertiary/aromatic N) is 2. The van der Waals surface area contributed by atoms with Crippen LogP contribution < -0.4 is 5.32 Å². The highest BCUT2D eigenvalue weighted by molar-refractivity contribution is 5.56. The average molecular weight is 261 g/mol. The van der Waals surface area contributed by atoms with Crippen molar-refractivity contribution >= 4 is 5.69 Å². The molecule has 1 aliphatic heterocycles. The van der Waals surface area contributed by atoms with Gasteiger partial charge in [0.25, 0.3) is 0 Å². The quantitative estimate of drug-likeness (QED) is 0.848. The highest BCUT2D eigenvalue weighted by Gasteiger charge is 2.13. The van der Waals surface area contributed by atoms with Gasteiger partial charge in [-0.25, -0.2) is 0 Å². The molecule has 0 aromatic heterocycles. The molecule has 0 saturated carbocycles. The molecule has 3 nitrogen and oxygen atoms in total. The molecule has 0 spiro atoms. The lowest BCUT2D eigenvalue weighted by Crippen LogP contribution is -2.24. The number of hydrogen-bond donors (Lipinski definition) is 1. The third kappa shape index (κ3) is 4.22. The molecular formula is C16H27N3. The highest BCUT2D eigenvalue weighted by atomic mass is 15.1. The Kier molecular flexibility index (Phi) is 5.23. The van der Waals surface area contributed by atoms with Crippen molar-refractivity contribution in [3.8, 4) is 0 Å². The number of nitrogens with one attached hydrogen (secondary N) is 1. The van der Waals surface area contributed by atoms with E-state index < -0.39 is 0 Å². The van der Waals surface area contributed by atoms with E-state index in [9.17, 15) is 0 Å². The Morgan fingerprint density at radius 1 is 1.16 bits per heavy atom. The predicted molar refractivity (Wildman–Crippen MR) is 82.8 cm³/mol. The van der Waals surface area contributed by atoms with Crippen molar-refractivity contribution in [1.82, 2.24) is 9.80 Å². The van der Waals surface area contributed by atoms with Crippen LogP contribution in [0.15, 0.2) is 18.2 Å². The van der Waals surface area contributed by atoms with E-state index in [2.05, 4.69) is 54.5 Å². The first-order valence-corrected chi connectivity index (χ1v) is 7.35. The molecular weight excluding hydrogens is 234 g/mol. The van der Waals surface area contributed by atoms with Crippen LogP contribution in [0.3, 0.4) is 0 Å². The third-order valence-electron chi connectivity index (χ3n) is 3.78.